The van der Waals surface area contributed by atoms with Crippen LogP contribution in [-0.2, 0) is 4.79 Å². The van der Waals surface area contributed by atoms with E-state index in [1.807, 2.05) is 0 Å². The molecule has 1 fully saturated rings. The molecule has 0 aromatic rings. The fraction of sp³-hybridized carbons (Fsp3) is 0.857. The molecule has 0 aromatic heterocycles. The van der Waals surface area contributed by atoms with Gasteiger partial charge in [0, 0.05) is 0 Å². The Morgan fingerprint density at radius 3 is 2.60 bits per heavy atom. The van der Waals surface area contributed by atoms with E-state index >= 15 is 0 Å². The first-order chi connectivity index (χ1) is 4.74. The van der Waals surface area contributed by atoms with Crippen LogP contribution in [0.1, 0.15) is 19.3 Å². The van der Waals surface area contributed by atoms with Crippen LogP contribution in [0.5, 0.6) is 0 Å². The largest absolute Gasteiger partial charge is 0.481 e. The number of rotatable bonds is 2. The van der Waals surface area contributed by atoms with Gasteiger partial charge in [-0.15, -0.1) is 0 Å². The van der Waals surface area contributed by atoms with Crippen LogP contribution < -0.4 is 5.73 Å². The van der Waals surface area contributed by atoms with Crippen LogP contribution in [0.25, 0.3) is 0 Å². The van der Waals surface area contributed by atoms with Crippen LogP contribution in [0.2, 0.25) is 0 Å². The van der Waals surface area contributed by atoms with Crippen molar-refractivity contribution in [3.63, 3.8) is 0 Å². The number of aliphatic carboxylic acids is 1. The van der Waals surface area contributed by atoms with Crippen LogP contribution in [0.3, 0.4) is 0 Å². The van der Waals surface area contributed by atoms with Crippen molar-refractivity contribution in [2.45, 2.75) is 19.3 Å². The van der Waals surface area contributed by atoms with Gasteiger partial charge in [0.1, 0.15) is 0 Å². The first kappa shape index (κ1) is 7.54. The maximum atomic E-state index is 10.4. The molecule has 0 unspecified atom stereocenters. The van der Waals surface area contributed by atoms with Gasteiger partial charge in [0.15, 0.2) is 0 Å². The summed E-state index contributed by atoms with van der Waals surface area (Å²) in [5.41, 5.74) is 5.40. The van der Waals surface area contributed by atoms with Gasteiger partial charge in [-0.05, 0) is 31.7 Å². The van der Waals surface area contributed by atoms with Gasteiger partial charge in [0.05, 0.1) is 5.92 Å². The first-order valence-electron chi connectivity index (χ1n) is 3.67. The molecule has 2 atom stereocenters. The Balaban J connectivity index is 2.35. The number of carbonyl (C=O) groups is 1. The number of carboxylic acid groups (broad SMARTS) is 1. The molecule has 1 saturated carbocycles. The van der Waals surface area contributed by atoms with Gasteiger partial charge in [-0.3, -0.25) is 4.79 Å². The molecule has 0 heterocycles. The molecule has 0 radical (unpaired) electrons. The Morgan fingerprint density at radius 2 is 2.30 bits per heavy atom. The van der Waals surface area contributed by atoms with Crippen molar-refractivity contribution in [1.29, 1.82) is 0 Å². The molecule has 1 rings (SSSR count). The molecule has 1 aliphatic rings. The van der Waals surface area contributed by atoms with E-state index < -0.39 is 5.97 Å². The van der Waals surface area contributed by atoms with Crippen molar-refractivity contribution in [1.82, 2.24) is 0 Å². The minimum Gasteiger partial charge on any atom is -0.481 e. The highest BCUT2D eigenvalue weighted by Crippen LogP contribution is 2.29. The van der Waals surface area contributed by atoms with Crippen LogP contribution in [-0.4, -0.2) is 17.6 Å². The lowest BCUT2D eigenvalue weighted by Gasteiger charge is -2.03. The standard InChI is InChI=1S/C7H13NO2/c8-4-5-1-2-6(3-5)7(9)10/h5-6H,1-4,8H2,(H,9,10)/t5-,6+/m1/s1. The van der Waals surface area contributed by atoms with Gasteiger partial charge < -0.3 is 10.8 Å². The maximum absolute atomic E-state index is 10.4. The Kier molecular flexibility index (Phi) is 2.27. The van der Waals surface area contributed by atoms with E-state index in [0.717, 1.165) is 19.3 Å². The van der Waals surface area contributed by atoms with Gasteiger partial charge in [0.2, 0.25) is 0 Å². The molecule has 3 nitrogen and oxygen atoms in total. The summed E-state index contributed by atoms with van der Waals surface area (Å²) in [6.07, 6.45) is 2.59. The minimum atomic E-state index is -0.657. The molecular formula is C7H13NO2. The van der Waals surface area contributed by atoms with Crippen molar-refractivity contribution in [3.05, 3.63) is 0 Å². The second kappa shape index (κ2) is 3.01. The molecule has 0 aromatic carbocycles. The lowest BCUT2D eigenvalue weighted by molar-refractivity contribution is -0.141. The molecule has 3 N–H and O–H groups in total. The second-order valence-corrected chi connectivity index (χ2v) is 2.95. The highest BCUT2D eigenvalue weighted by molar-refractivity contribution is 5.70. The predicted molar refractivity (Wildman–Crippen MR) is 37.5 cm³/mol. The lowest BCUT2D eigenvalue weighted by Crippen LogP contribution is -2.13. The quantitative estimate of drug-likeness (QED) is 0.589. The van der Waals surface area contributed by atoms with E-state index in [9.17, 15) is 4.79 Å². The van der Waals surface area contributed by atoms with Crippen LogP contribution in [0.15, 0.2) is 0 Å². The fourth-order valence-corrected chi connectivity index (χ4v) is 1.51. The van der Waals surface area contributed by atoms with Crippen LogP contribution in [0, 0.1) is 11.8 Å². The summed E-state index contributed by atoms with van der Waals surface area (Å²) in [6.45, 7) is 0.643. The monoisotopic (exact) mass is 143 g/mol. The molecule has 0 spiro atoms. The Hall–Kier alpha value is -0.570. The van der Waals surface area contributed by atoms with Crippen molar-refractivity contribution in [2.75, 3.05) is 6.54 Å². The Bertz CT molecular complexity index is 136. The topological polar surface area (TPSA) is 63.3 Å². The summed E-state index contributed by atoms with van der Waals surface area (Å²) in [7, 11) is 0. The molecule has 0 bridgehead atoms. The minimum absolute atomic E-state index is 0.117. The van der Waals surface area contributed by atoms with E-state index in [2.05, 4.69) is 0 Å². The van der Waals surface area contributed by atoms with Gasteiger partial charge in [0.25, 0.3) is 0 Å². The van der Waals surface area contributed by atoms with E-state index in [4.69, 9.17) is 10.8 Å². The fourth-order valence-electron chi connectivity index (χ4n) is 1.51. The number of hydrogen-bond donors (Lipinski definition) is 2. The van der Waals surface area contributed by atoms with Crippen LogP contribution in [0.4, 0.5) is 0 Å². The van der Waals surface area contributed by atoms with Gasteiger partial charge >= 0.3 is 5.97 Å². The van der Waals surface area contributed by atoms with E-state index in [1.165, 1.54) is 0 Å². The Morgan fingerprint density at radius 1 is 1.60 bits per heavy atom. The third-order valence-corrected chi connectivity index (χ3v) is 2.22. The highest BCUT2D eigenvalue weighted by atomic mass is 16.4. The van der Waals surface area contributed by atoms with Gasteiger partial charge in [-0.1, -0.05) is 0 Å². The molecule has 3 heteroatoms. The summed E-state index contributed by atoms with van der Waals surface area (Å²) in [5.74, 6) is -0.314. The Labute approximate surface area is 60.2 Å². The van der Waals surface area contributed by atoms with Gasteiger partial charge in [-0.2, -0.15) is 0 Å². The normalized spacial score (nSPS) is 32.5. The average Bonchev–Trinajstić information content (AvgIpc) is 2.34. The molecule has 0 saturated heterocycles. The average molecular weight is 143 g/mol. The zero-order valence-electron chi connectivity index (χ0n) is 5.92. The first-order valence-corrected chi connectivity index (χ1v) is 3.67. The van der Waals surface area contributed by atoms with E-state index in [-0.39, 0.29) is 5.92 Å². The van der Waals surface area contributed by atoms with E-state index in [0.29, 0.717) is 12.5 Å². The van der Waals surface area contributed by atoms with Crippen LogP contribution >= 0.6 is 0 Å². The van der Waals surface area contributed by atoms with Crippen molar-refractivity contribution in [3.8, 4) is 0 Å². The van der Waals surface area contributed by atoms with Crippen molar-refractivity contribution >= 4 is 5.97 Å². The summed E-state index contributed by atoms with van der Waals surface area (Å²) >= 11 is 0. The molecular weight excluding hydrogens is 130 g/mol. The summed E-state index contributed by atoms with van der Waals surface area (Å²) in [6, 6.07) is 0. The molecule has 0 aliphatic heterocycles. The smallest absolute Gasteiger partial charge is 0.306 e. The zero-order chi connectivity index (χ0) is 7.56. The highest BCUT2D eigenvalue weighted by Gasteiger charge is 2.28. The molecule has 58 valence electrons. The van der Waals surface area contributed by atoms with Crippen molar-refractivity contribution in [2.24, 2.45) is 17.6 Å². The number of nitrogens with two attached hydrogens (primary N) is 1. The number of carboxylic acids is 1. The third-order valence-electron chi connectivity index (χ3n) is 2.22. The predicted octanol–water partition coefficient (Wildman–Crippen LogP) is 0.446. The SMILES string of the molecule is NC[C@@H]1CC[C@H](C(=O)O)C1. The number of hydrogen-bond acceptors (Lipinski definition) is 2. The summed E-state index contributed by atoms with van der Waals surface area (Å²) < 4.78 is 0. The van der Waals surface area contributed by atoms with Crippen molar-refractivity contribution < 1.29 is 9.90 Å². The van der Waals surface area contributed by atoms with Gasteiger partial charge in [-0.25, -0.2) is 0 Å². The summed E-state index contributed by atoms with van der Waals surface area (Å²) in [5, 5.41) is 8.59. The molecule has 10 heavy (non-hydrogen) atoms. The van der Waals surface area contributed by atoms with E-state index in [1.54, 1.807) is 0 Å². The zero-order valence-corrected chi connectivity index (χ0v) is 5.92. The lowest BCUT2D eigenvalue weighted by atomic mass is 10.1. The summed E-state index contributed by atoms with van der Waals surface area (Å²) in [4.78, 5) is 10.4. The molecule has 0 amide bonds. The maximum Gasteiger partial charge on any atom is 0.306 e. The second-order valence-electron chi connectivity index (χ2n) is 2.95. The third kappa shape index (κ3) is 1.48. The molecule has 1 aliphatic carbocycles.